The minimum atomic E-state index is -0.716. The summed E-state index contributed by atoms with van der Waals surface area (Å²) in [6, 6.07) is 2.29. The van der Waals surface area contributed by atoms with E-state index in [2.05, 4.69) is 10.6 Å². The summed E-state index contributed by atoms with van der Waals surface area (Å²) in [5.41, 5.74) is 4.85. The van der Waals surface area contributed by atoms with Crippen LogP contribution in [0.3, 0.4) is 0 Å². The van der Waals surface area contributed by atoms with Crippen molar-refractivity contribution >= 4 is 34.8 Å². The average Bonchev–Trinajstić information content (AvgIpc) is 2.41. The predicted molar refractivity (Wildman–Crippen MR) is 78.2 cm³/mol. The van der Waals surface area contributed by atoms with Crippen LogP contribution in [-0.2, 0) is 4.79 Å². The van der Waals surface area contributed by atoms with Gasteiger partial charge in [-0.3, -0.25) is 19.7 Å². The van der Waals surface area contributed by atoms with Crippen LogP contribution in [-0.4, -0.2) is 29.8 Å². The first-order valence-electron chi connectivity index (χ1n) is 6.15. The van der Waals surface area contributed by atoms with Gasteiger partial charge >= 0.3 is 0 Å². The SMILES string of the molecule is CCNC(=O)CCNC(=O)c1cc(Cl)c(N)c([N+](=O)[O-])c1. The van der Waals surface area contributed by atoms with E-state index in [0.717, 1.165) is 6.07 Å². The molecule has 0 aliphatic heterocycles. The molecule has 1 aromatic rings. The normalized spacial score (nSPS) is 10.0. The van der Waals surface area contributed by atoms with E-state index in [1.165, 1.54) is 6.07 Å². The molecule has 0 fully saturated rings. The molecule has 9 heteroatoms. The first kappa shape index (κ1) is 16.7. The Bertz CT molecular complexity index is 577. The monoisotopic (exact) mass is 314 g/mol. The van der Waals surface area contributed by atoms with Gasteiger partial charge in [0.1, 0.15) is 5.69 Å². The number of hydrogen-bond acceptors (Lipinski definition) is 5. The third kappa shape index (κ3) is 4.60. The third-order valence-electron chi connectivity index (χ3n) is 2.58. The highest BCUT2D eigenvalue weighted by atomic mass is 35.5. The van der Waals surface area contributed by atoms with Crippen LogP contribution in [0.25, 0.3) is 0 Å². The van der Waals surface area contributed by atoms with Crippen LogP contribution in [0.15, 0.2) is 12.1 Å². The smallest absolute Gasteiger partial charge is 0.294 e. The van der Waals surface area contributed by atoms with Crippen molar-refractivity contribution in [3.8, 4) is 0 Å². The number of anilines is 1. The standard InChI is InChI=1S/C12H15ClN4O4/c1-2-15-10(18)3-4-16-12(19)7-5-8(13)11(14)9(6-7)17(20)21/h5-6H,2-4,14H2,1H3,(H,15,18)(H,16,19). The summed E-state index contributed by atoms with van der Waals surface area (Å²) in [4.78, 5) is 33.2. The van der Waals surface area contributed by atoms with E-state index < -0.39 is 16.5 Å². The van der Waals surface area contributed by atoms with Gasteiger partial charge in [-0.2, -0.15) is 0 Å². The van der Waals surface area contributed by atoms with Crippen LogP contribution in [0.4, 0.5) is 11.4 Å². The second kappa shape index (κ2) is 7.44. The van der Waals surface area contributed by atoms with Crippen LogP contribution in [0.2, 0.25) is 5.02 Å². The zero-order valence-corrected chi connectivity index (χ0v) is 12.1. The summed E-state index contributed by atoms with van der Waals surface area (Å²) in [6.45, 7) is 2.40. The maximum atomic E-state index is 11.9. The minimum Gasteiger partial charge on any atom is -0.392 e. The lowest BCUT2D eigenvalue weighted by Gasteiger charge is -2.07. The van der Waals surface area contributed by atoms with Crippen molar-refractivity contribution in [3.05, 3.63) is 32.8 Å². The number of carbonyl (C=O) groups excluding carboxylic acids is 2. The topological polar surface area (TPSA) is 127 Å². The van der Waals surface area contributed by atoms with Gasteiger partial charge in [0.2, 0.25) is 5.91 Å². The summed E-state index contributed by atoms with van der Waals surface area (Å²) in [7, 11) is 0. The number of nitrogen functional groups attached to an aromatic ring is 1. The predicted octanol–water partition coefficient (Wildman–Crippen LogP) is 1.09. The quantitative estimate of drug-likeness (QED) is 0.411. The average molecular weight is 315 g/mol. The van der Waals surface area contributed by atoms with E-state index in [-0.39, 0.29) is 35.1 Å². The van der Waals surface area contributed by atoms with Gasteiger partial charge in [-0.15, -0.1) is 0 Å². The van der Waals surface area contributed by atoms with Gasteiger partial charge < -0.3 is 16.4 Å². The molecular weight excluding hydrogens is 300 g/mol. The summed E-state index contributed by atoms with van der Waals surface area (Å²) in [5, 5.41) is 15.8. The first-order valence-corrected chi connectivity index (χ1v) is 6.53. The number of halogens is 1. The highest BCUT2D eigenvalue weighted by Crippen LogP contribution is 2.30. The summed E-state index contributed by atoms with van der Waals surface area (Å²) in [5.74, 6) is -0.761. The summed E-state index contributed by atoms with van der Waals surface area (Å²) >= 11 is 5.76. The molecule has 0 aliphatic carbocycles. The molecule has 0 unspecified atom stereocenters. The number of hydrogen-bond donors (Lipinski definition) is 3. The number of nitrogens with two attached hydrogens (primary N) is 1. The number of amides is 2. The van der Waals surface area contributed by atoms with Gasteiger partial charge in [-0.05, 0) is 13.0 Å². The maximum Gasteiger partial charge on any atom is 0.294 e. The highest BCUT2D eigenvalue weighted by Gasteiger charge is 2.19. The van der Waals surface area contributed by atoms with E-state index in [0.29, 0.717) is 6.54 Å². The fourth-order valence-electron chi connectivity index (χ4n) is 1.56. The molecule has 2 amide bonds. The van der Waals surface area contributed by atoms with Gasteiger partial charge in [0, 0.05) is 31.1 Å². The zero-order valence-electron chi connectivity index (χ0n) is 11.3. The Morgan fingerprint density at radius 2 is 2.05 bits per heavy atom. The fraction of sp³-hybridized carbons (Fsp3) is 0.333. The lowest BCUT2D eigenvalue weighted by atomic mass is 10.1. The Hall–Kier alpha value is -2.35. The molecule has 0 atom stereocenters. The number of nitrogens with one attached hydrogen (secondary N) is 2. The van der Waals surface area contributed by atoms with E-state index in [9.17, 15) is 19.7 Å². The van der Waals surface area contributed by atoms with Crippen molar-refractivity contribution in [1.82, 2.24) is 10.6 Å². The maximum absolute atomic E-state index is 11.9. The number of nitro groups is 1. The van der Waals surface area contributed by atoms with Crippen molar-refractivity contribution in [1.29, 1.82) is 0 Å². The van der Waals surface area contributed by atoms with E-state index in [1.807, 2.05) is 0 Å². The molecule has 0 heterocycles. The van der Waals surface area contributed by atoms with Crippen molar-refractivity contribution in [2.45, 2.75) is 13.3 Å². The second-order valence-corrected chi connectivity index (χ2v) is 4.51. The number of rotatable bonds is 6. The number of benzene rings is 1. The van der Waals surface area contributed by atoms with Crippen LogP contribution in [0.5, 0.6) is 0 Å². The molecule has 21 heavy (non-hydrogen) atoms. The second-order valence-electron chi connectivity index (χ2n) is 4.11. The molecule has 114 valence electrons. The van der Waals surface area contributed by atoms with Crippen LogP contribution in [0, 0.1) is 10.1 Å². The molecule has 0 spiro atoms. The lowest BCUT2D eigenvalue weighted by molar-refractivity contribution is -0.383. The van der Waals surface area contributed by atoms with Crippen LogP contribution >= 0.6 is 11.6 Å². The van der Waals surface area contributed by atoms with Gasteiger partial charge in [0.25, 0.3) is 11.6 Å². The molecule has 0 saturated carbocycles. The van der Waals surface area contributed by atoms with Gasteiger partial charge in [-0.1, -0.05) is 11.6 Å². The van der Waals surface area contributed by atoms with Crippen LogP contribution in [0.1, 0.15) is 23.7 Å². The molecule has 4 N–H and O–H groups in total. The van der Waals surface area contributed by atoms with E-state index >= 15 is 0 Å². The highest BCUT2D eigenvalue weighted by molar-refractivity contribution is 6.34. The zero-order chi connectivity index (χ0) is 16.0. The first-order chi connectivity index (χ1) is 9.86. The van der Waals surface area contributed by atoms with Crippen molar-refractivity contribution in [2.24, 2.45) is 0 Å². The Morgan fingerprint density at radius 3 is 2.62 bits per heavy atom. The van der Waals surface area contributed by atoms with Gasteiger partial charge in [0.15, 0.2) is 0 Å². The number of carbonyl (C=O) groups is 2. The fourth-order valence-corrected chi connectivity index (χ4v) is 1.78. The third-order valence-corrected chi connectivity index (χ3v) is 2.89. The Labute approximate surface area is 125 Å². The van der Waals surface area contributed by atoms with Crippen molar-refractivity contribution in [3.63, 3.8) is 0 Å². The Morgan fingerprint density at radius 1 is 1.38 bits per heavy atom. The Balaban J connectivity index is 2.75. The van der Waals surface area contributed by atoms with E-state index in [1.54, 1.807) is 6.92 Å². The molecule has 0 aliphatic rings. The summed E-state index contributed by atoms with van der Waals surface area (Å²) in [6.07, 6.45) is 0.115. The van der Waals surface area contributed by atoms with Gasteiger partial charge in [-0.25, -0.2) is 0 Å². The van der Waals surface area contributed by atoms with E-state index in [4.69, 9.17) is 17.3 Å². The molecule has 0 bridgehead atoms. The largest absolute Gasteiger partial charge is 0.392 e. The molecule has 0 radical (unpaired) electrons. The molecular formula is C12H15ClN4O4. The molecule has 1 aromatic carbocycles. The molecule has 1 rings (SSSR count). The van der Waals surface area contributed by atoms with Crippen LogP contribution < -0.4 is 16.4 Å². The minimum absolute atomic E-state index is 0.0109. The number of nitrogens with zero attached hydrogens (tertiary/aromatic N) is 1. The summed E-state index contributed by atoms with van der Waals surface area (Å²) < 4.78 is 0. The van der Waals surface area contributed by atoms with Crippen molar-refractivity contribution < 1.29 is 14.5 Å². The number of nitro benzene ring substituents is 1. The molecule has 0 saturated heterocycles. The Kier molecular flexibility index (Phi) is 5.92. The molecule has 0 aromatic heterocycles. The molecule has 8 nitrogen and oxygen atoms in total. The lowest BCUT2D eigenvalue weighted by Crippen LogP contribution is -2.30. The van der Waals surface area contributed by atoms with Crippen molar-refractivity contribution in [2.75, 3.05) is 18.8 Å². The van der Waals surface area contributed by atoms with Gasteiger partial charge in [0.05, 0.1) is 9.95 Å².